The van der Waals surface area contributed by atoms with Gasteiger partial charge in [0, 0.05) is 24.8 Å². The van der Waals surface area contributed by atoms with Gasteiger partial charge in [-0.25, -0.2) is 0 Å². The van der Waals surface area contributed by atoms with Gasteiger partial charge in [0.1, 0.15) is 0 Å². The third-order valence-electron chi connectivity index (χ3n) is 4.19. The third kappa shape index (κ3) is 3.53. The smallest absolute Gasteiger partial charge is 0.0633 e. The molecule has 0 aromatic heterocycles. The van der Waals surface area contributed by atoms with E-state index in [1.165, 1.54) is 18.5 Å². The summed E-state index contributed by atoms with van der Waals surface area (Å²) >= 11 is 0. The number of aliphatic hydroxyl groups is 1. The van der Waals surface area contributed by atoms with Gasteiger partial charge in [-0.2, -0.15) is 0 Å². The fraction of sp³-hybridized carbons (Fsp3) is 0.647. The fourth-order valence-electron chi connectivity index (χ4n) is 3.09. The van der Waals surface area contributed by atoms with Crippen LogP contribution in [-0.2, 0) is 0 Å². The Bertz CT molecular complexity index is 403. The minimum atomic E-state index is -0.167. The number of para-hydroxylation sites is 1. The molecule has 0 saturated heterocycles. The highest BCUT2D eigenvalue weighted by Crippen LogP contribution is 2.40. The lowest BCUT2D eigenvalue weighted by atomic mass is 9.92. The lowest BCUT2D eigenvalue weighted by molar-refractivity contribution is 0.135. The highest BCUT2D eigenvalue weighted by atomic mass is 16.3. The molecule has 1 aliphatic carbocycles. The second-order valence-electron chi connectivity index (χ2n) is 6.24. The van der Waals surface area contributed by atoms with Crippen LogP contribution in [0.4, 0.5) is 5.69 Å². The molecular weight excluding hydrogens is 248 g/mol. The summed E-state index contributed by atoms with van der Waals surface area (Å²) < 4.78 is 0. The van der Waals surface area contributed by atoms with Crippen molar-refractivity contribution in [3.63, 3.8) is 0 Å². The number of benzene rings is 1. The average molecular weight is 276 g/mol. The zero-order valence-electron chi connectivity index (χ0n) is 13.0. The summed E-state index contributed by atoms with van der Waals surface area (Å²) in [6, 6.07) is 10.9. The first-order chi connectivity index (χ1) is 9.61. The largest absolute Gasteiger partial charge is 0.394 e. The second kappa shape index (κ2) is 6.59. The standard InChI is InChI=1S/C17H28N2O/c1-4-19(16-8-6-5-7-9-16)12-17(13-20,15-10-11-15)18-14(2)3/h5-9,14-15,18,20H,4,10-13H2,1-3H3. The second-order valence-corrected chi connectivity index (χ2v) is 6.24. The molecule has 0 amide bonds. The molecule has 0 aliphatic heterocycles. The summed E-state index contributed by atoms with van der Waals surface area (Å²) in [5.41, 5.74) is 1.07. The lowest BCUT2D eigenvalue weighted by Gasteiger charge is -2.40. The first-order valence-corrected chi connectivity index (χ1v) is 7.80. The van der Waals surface area contributed by atoms with Crippen molar-refractivity contribution < 1.29 is 5.11 Å². The predicted molar refractivity (Wildman–Crippen MR) is 85.1 cm³/mol. The van der Waals surface area contributed by atoms with Crippen molar-refractivity contribution in [3.8, 4) is 0 Å². The number of aliphatic hydroxyl groups excluding tert-OH is 1. The van der Waals surface area contributed by atoms with Crippen LogP contribution in [0.5, 0.6) is 0 Å². The van der Waals surface area contributed by atoms with Crippen molar-refractivity contribution in [2.45, 2.75) is 45.2 Å². The Hall–Kier alpha value is -1.06. The average Bonchev–Trinajstić information content (AvgIpc) is 3.29. The van der Waals surface area contributed by atoms with Crippen LogP contribution >= 0.6 is 0 Å². The Morgan fingerprint density at radius 1 is 1.30 bits per heavy atom. The van der Waals surface area contributed by atoms with E-state index in [2.05, 4.69) is 55.3 Å². The molecule has 20 heavy (non-hydrogen) atoms. The third-order valence-corrected chi connectivity index (χ3v) is 4.19. The Morgan fingerprint density at radius 2 is 1.95 bits per heavy atom. The molecule has 1 aromatic rings. The molecule has 1 aromatic carbocycles. The van der Waals surface area contributed by atoms with Crippen LogP contribution in [0.2, 0.25) is 0 Å². The summed E-state index contributed by atoms with van der Waals surface area (Å²) in [6.07, 6.45) is 2.46. The van der Waals surface area contributed by atoms with E-state index in [-0.39, 0.29) is 12.1 Å². The molecule has 3 nitrogen and oxygen atoms in total. The lowest BCUT2D eigenvalue weighted by Crippen LogP contribution is -2.60. The molecular formula is C17H28N2O. The van der Waals surface area contributed by atoms with Crippen LogP contribution in [0.25, 0.3) is 0 Å². The molecule has 112 valence electrons. The van der Waals surface area contributed by atoms with E-state index in [9.17, 15) is 5.11 Å². The summed E-state index contributed by atoms with van der Waals surface area (Å²) in [7, 11) is 0. The highest BCUT2D eigenvalue weighted by molar-refractivity contribution is 5.46. The summed E-state index contributed by atoms with van der Waals surface area (Å²) in [5.74, 6) is 0.604. The van der Waals surface area contributed by atoms with Gasteiger partial charge in [-0.15, -0.1) is 0 Å². The van der Waals surface area contributed by atoms with Crippen molar-refractivity contribution in [1.82, 2.24) is 5.32 Å². The van der Waals surface area contributed by atoms with E-state index in [0.717, 1.165) is 13.1 Å². The van der Waals surface area contributed by atoms with Crippen molar-refractivity contribution in [3.05, 3.63) is 30.3 Å². The van der Waals surface area contributed by atoms with Crippen molar-refractivity contribution in [2.24, 2.45) is 5.92 Å². The number of anilines is 1. The molecule has 0 bridgehead atoms. The highest BCUT2D eigenvalue weighted by Gasteiger charge is 2.46. The van der Waals surface area contributed by atoms with Crippen LogP contribution < -0.4 is 10.2 Å². The molecule has 0 radical (unpaired) electrons. The number of hydrogen-bond acceptors (Lipinski definition) is 3. The van der Waals surface area contributed by atoms with E-state index < -0.39 is 0 Å². The van der Waals surface area contributed by atoms with E-state index in [1.807, 2.05) is 6.07 Å². The van der Waals surface area contributed by atoms with Gasteiger partial charge < -0.3 is 15.3 Å². The van der Waals surface area contributed by atoms with Crippen LogP contribution in [0, 0.1) is 5.92 Å². The molecule has 1 saturated carbocycles. The van der Waals surface area contributed by atoms with Gasteiger partial charge >= 0.3 is 0 Å². The van der Waals surface area contributed by atoms with Crippen LogP contribution in [-0.4, -0.2) is 36.4 Å². The predicted octanol–water partition coefficient (Wildman–Crippen LogP) is 2.65. The summed E-state index contributed by atoms with van der Waals surface area (Å²) in [5, 5.41) is 13.7. The fourth-order valence-corrected chi connectivity index (χ4v) is 3.09. The van der Waals surface area contributed by atoms with Gasteiger partial charge in [0.05, 0.1) is 12.1 Å². The van der Waals surface area contributed by atoms with Gasteiger partial charge in [-0.05, 0) is 37.8 Å². The number of nitrogens with zero attached hydrogens (tertiary/aromatic N) is 1. The normalized spacial score (nSPS) is 18.1. The van der Waals surface area contributed by atoms with Gasteiger partial charge in [-0.3, -0.25) is 0 Å². The maximum absolute atomic E-state index is 10.0. The van der Waals surface area contributed by atoms with E-state index in [4.69, 9.17) is 0 Å². The molecule has 1 atom stereocenters. The Labute approximate surface area is 123 Å². The molecule has 2 N–H and O–H groups in total. The van der Waals surface area contributed by atoms with Gasteiger partial charge in [0.25, 0.3) is 0 Å². The van der Waals surface area contributed by atoms with Gasteiger partial charge in [0.15, 0.2) is 0 Å². The summed E-state index contributed by atoms with van der Waals surface area (Å²) in [6.45, 7) is 8.53. The van der Waals surface area contributed by atoms with E-state index in [1.54, 1.807) is 0 Å². The SMILES string of the molecule is CCN(CC(CO)(NC(C)C)C1CC1)c1ccccc1. The maximum atomic E-state index is 10.0. The number of likely N-dealkylation sites (N-methyl/N-ethyl adjacent to an activating group) is 1. The molecule has 1 fully saturated rings. The zero-order chi connectivity index (χ0) is 14.6. The van der Waals surface area contributed by atoms with Crippen molar-refractivity contribution >= 4 is 5.69 Å². The minimum Gasteiger partial charge on any atom is -0.394 e. The van der Waals surface area contributed by atoms with Gasteiger partial charge in [0.2, 0.25) is 0 Å². The van der Waals surface area contributed by atoms with E-state index >= 15 is 0 Å². The Kier molecular flexibility index (Phi) is 5.06. The van der Waals surface area contributed by atoms with Crippen LogP contribution in [0.1, 0.15) is 33.6 Å². The molecule has 3 heteroatoms. The summed E-state index contributed by atoms with van der Waals surface area (Å²) in [4.78, 5) is 2.37. The molecule has 0 heterocycles. The van der Waals surface area contributed by atoms with Crippen molar-refractivity contribution in [2.75, 3.05) is 24.6 Å². The van der Waals surface area contributed by atoms with E-state index in [0.29, 0.717) is 12.0 Å². The number of nitrogens with one attached hydrogen (secondary N) is 1. The zero-order valence-corrected chi connectivity index (χ0v) is 13.0. The Balaban J connectivity index is 2.17. The molecule has 0 spiro atoms. The number of hydrogen-bond donors (Lipinski definition) is 2. The van der Waals surface area contributed by atoms with Crippen molar-refractivity contribution in [1.29, 1.82) is 0 Å². The topological polar surface area (TPSA) is 35.5 Å². The monoisotopic (exact) mass is 276 g/mol. The first kappa shape index (κ1) is 15.3. The number of rotatable bonds is 8. The Morgan fingerprint density at radius 3 is 2.40 bits per heavy atom. The molecule has 2 rings (SSSR count). The minimum absolute atomic E-state index is 0.167. The van der Waals surface area contributed by atoms with Crippen LogP contribution in [0.15, 0.2) is 30.3 Å². The van der Waals surface area contributed by atoms with Crippen LogP contribution in [0.3, 0.4) is 0 Å². The van der Waals surface area contributed by atoms with Gasteiger partial charge in [-0.1, -0.05) is 32.0 Å². The maximum Gasteiger partial charge on any atom is 0.0633 e. The molecule has 1 aliphatic rings. The quantitative estimate of drug-likeness (QED) is 0.766. The molecule has 1 unspecified atom stereocenters. The first-order valence-electron chi connectivity index (χ1n) is 7.80.